The normalized spacial score (nSPS) is 12.9. The minimum Gasteiger partial charge on any atom is -0.352 e. The monoisotopic (exact) mass is 400 g/mol. The maximum Gasteiger partial charge on any atom is 0.242 e. The van der Waals surface area contributed by atoms with Crippen LogP contribution in [0.15, 0.2) is 48.5 Å². The smallest absolute Gasteiger partial charge is 0.242 e. The zero-order chi connectivity index (χ0) is 20.7. The molecule has 2 aromatic rings. The highest BCUT2D eigenvalue weighted by atomic mass is 35.5. The lowest BCUT2D eigenvalue weighted by molar-refractivity contribution is -0.140. The van der Waals surface area contributed by atoms with E-state index in [9.17, 15) is 9.59 Å². The van der Waals surface area contributed by atoms with Crippen molar-refractivity contribution < 1.29 is 9.59 Å². The fourth-order valence-electron chi connectivity index (χ4n) is 2.98. The fourth-order valence-corrected chi connectivity index (χ4v) is 3.19. The summed E-state index contributed by atoms with van der Waals surface area (Å²) in [4.78, 5) is 27.4. The van der Waals surface area contributed by atoms with Crippen molar-refractivity contribution in [3.8, 4) is 0 Å². The topological polar surface area (TPSA) is 49.4 Å². The van der Waals surface area contributed by atoms with Crippen LogP contribution < -0.4 is 5.32 Å². The molecule has 0 bridgehead atoms. The Morgan fingerprint density at radius 1 is 1.07 bits per heavy atom. The van der Waals surface area contributed by atoms with Gasteiger partial charge < -0.3 is 10.2 Å². The predicted octanol–water partition coefficient (Wildman–Crippen LogP) is 4.52. The molecule has 0 aliphatic carbocycles. The van der Waals surface area contributed by atoms with Crippen LogP contribution in [0, 0.1) is 6.92 Å². The van der Waals surface area contributed by atoms with Crippen LogP contribution >= 0.6 is 11.6 Å². The van der Waals surface area contributed by atoms with Crippen molar-refractivity contribution >= 4 is 23.4 Å². The quantitative estimate of drug-likeness (QED) is 0.708. The third kappa shape index (κ3) is 6.38. The Balaban J connectivity index is 2.23. The van der Waals surface area contributed by atoms with E-state index in [-0.39, 0.29) is 24.3 Å². The Bertz CT molecular complexity index is 822. The molecule has 28 heavy (non-hydrogen) atoms. The molecule has 2 amide bonds. The van der Waals surface area contributed by atoms with Gasteiger partial charge in [-0.3, -0.25) is 9.59 Å². The molecule has 0 spiro atoms. The predicted molar refractivity (Wildman–Crippen MR) is 114 cm³/mol. The summed E-state index contributed by atoms with van der Waals surface area (Å²) in [6.07, 6.45) is 1.09. The molecule has 0 saturated heterocycles. The zero-order valence-corrected chi connectivity index (χ0v) is 17.8. The van der Waals surface area contributed by atoms with Crippen molar-refractivity contribution in [2.45, 2.75) is 59.2 Å². The van der Waals surface area contributed by atoms with E-state index in [1.165, 1.54) is 0 Å². The number of amides is 2. The summed E-state index contributed by atoms with van der Waals surface area (Å²) in [6, 6.07) is 14.8. The highest BCUT2D eigenvalue weighted by Gasteiger charge is 2.26. The number of carbonyl (C=O) groups is 2. The highest BCUT2D eigenvalue weighted by Crippen LogP contribution is 2.16. The van der Waals surface area contributed by atoms with Crippen molar-refractivity contribution in [3.05, 3.63) is 70.2 Å². The van der Waals surface area contributed by atoms with E-state index in [2.05, 4.69) is 5.32 Å². The average molecular weight is 401 g/mol. The summed E-state index contributed by atoms with van der Waals surface area (Å²) in [5, 5.41) is 3.59. The van der Waals surface area contributed by atoms with Gasteiger partial charge in [0.25, 0.3) is 0 Å². The maximum absolute atomic E-state index is 13.1. The Kier molecular flexibility index (Phi) is 8.06. The van der Waals surface area contributed by atoms with Gasteiger partial charge in [0.05, 0.1) is 6.42 Å². The van der Waals surface area contributed by atoms with Crippen molar-refractivity contribution in [1.29, 1.82) is 0 Å². The Labute approximate surface area is 172 Å². The van der Waals surface area contributed by atoms with Crippen molar-refractivity contribution in [3.63, 3.8) is 0 Å². The largest absolute Gasteiger partial charge is 0.352 e. The number of hydrogen-bond acceptors (Lipinski definition) is 2. The molecule has 0 radical (unpaired) electrons. The van der Waals surface area contributed by atoms with Gasteiger partial charge in [0, 0.05) is 17.6 Å². The SMILES string of the molecule is CC[C@@H](C)NC(=O)[C@@H](C)N(Cc1cccc(Cl)c1)C(=O)Cc1cccc(C)c1. The standard InChI is InChI=1S/C23H29ClN2O2/c1-5-17(3)25-23(28)18(4)26(15-20-10-7-11-21(24)13-20)22(27)14-19-9-6-8-16(2)12-19/h6-13,17-18H,5,14-15H2,1-4H3,(H,25,28)/t17-,18-/m1/s1. The number of nitrogens with one attached hydrogen (secondary N) is 1. The fraction of sp³-hybridized carbons (Fsp3) is 0.391. The molecular weight excluding hydrogens is 372 g/mol. The summed E-state index contributed by atoms with van der Waals surface area (Å²) in [7, 11) is 0. The number of halogens is 1. The molecule has 1 N–H and O–H groups in total. The molecule has 0 aliphatic heterocycles. The number of aryl methyl sites for hydroxylation is 1. The number of nitrogens with zero attached hydrogens (tertiary/aromatic N) is 1. The first kappa shape index (κ1) is 22.0. The second-order valence-electron chi connectivity index (χ2n) is 7.31. The first-order chi connectivity index (χ1) is 13.3. The molecule has 0 fully saturated rings. The third-order valence-electron chi connectivity index (χ3n) is 4.85. The van der Waals surface area contributed by atoms with E-state index >= 15 is 0 Å². The number of benzene rings is 2. The van der Waals surface area contributed by atoms with Gasteiger partial charge in [0.1, 0.15) is 6.04 Å². The van der Waals surface area contributed by atoms with Gasteiger partial charge in [-0.05, 0) is 50.5 Å². The van der Waals surface area contributed by atoms with Gasteiger partial charge in [-0.15, -0.1) is 0 Å². The molecule has 0 aromatic heterocycles. The Morgan fingerprint density at radius 2 is 1.75 bits per heavy atom. The van der Waals surface area contributed by atoms with Crippen molar-refractivity contribution in [1.82, 2.24) is 10.2 Å². The molecule has 2 aromatic carbocycles. The van der Waals surface area contributed by atoms with Crippen LogP contribution in [0.5, 0.6) is 0 Å². The van der Waals surface area contributed by atoms with Crippen LogP contribution in [-0.4, -0.2) is 28.8 Å². The lowest BCUT2D eigenvalue weighted by Crippen LogP contribution is -2.49. The lowest BCUT2D eigenvalue weighted by Gasteiger charge is -2.30. The first-order valence-corrected chi connectivity index (χ1v) is 10.1. The molecule has 150 valence electrons. The second-order valence-corrected chi connectivity index (χ2v) is 7.75. The van der Waals surface area contributed by atoms with Gasteiger partial charge in [-0.2, -0.15) is 0 Å². The molecule has 2 rings (SSSR count). The molecule has 0 unspecified atom stereocenters. The Hall–Kier alpha value is -2.33. The lowest BCUT2D eigenvalue weighted by atomic mass is 10.1. The zero-order valence-electron chi connectivity index (χ0n) is 17.0. The molecule has 0 saturated carbocycles. The summed E-state index contributed by atoms with van der Waals surface area (Å²) < 4.78 is 0. The van der Waals surface area contributed by atoms with E-state index in [1.807, 2.05) is 63.2 Å². The van der Waals surface area contributed by atoms with E-state index in [0.717, 1.165) is 23.1 Å². The van der Waals surface area contributed by atoms with Gasteiger partial charge in [-0.25, -0.2) is 0 Å². The van der Waals surface area contributed by atoms with E-state index < -0.39 is 6.04 Å². The number of hydrogen-bond donors (Lipinski definition) is 1. The average Bonchev–Trinajstić information content (AvgIpc) is 2.65. The van der Waals surface area contributed by atoms with Crippen LogP contribution in [0.25, 0.3) is 0 Å². The van der Waals surface area contributed by atoms with E-state index in [1.54, 1.807) is 17.9 Å². The van der Waals surface area contributed by atoms with Crippen LogP contribution in [-0.2, 0) is 22.6 Å². The molecule has 4 nitrogen and oxygen atoms in total. The minimum atomic E-state index is -0.578. The van der Waals surface area contributed by atoms with E-state index in [4.69, 9.17) is 11.6 Å². The summed E-state index contributed by atoms with van der Waals surface area (Å²) >= 11 is 6.10. The van der Waals surface area contributed by atoms with Gasteiger partial charge in [0.2, 0.25) is 11.8 Å². The van der Waals surface area contributed by atoms with Crippen LogP contribution in [0.2, 0.25) is 5.02 Å². The highest BCUT2D eigenvalue weighted by molar-refractivity contribution is 6.30. The van der Waals surface area contributed by atoms with Crippen LogP contribution in [0.4, 0.5) is 0 Å². The third-order valence-corrected chi connectivity index (χ3v) is 5.08. The molecule has 2 atom stereocenters. The Morgan fingerprint density at radius 3 is 2.39 bits per heavy atom. The molecular formula is C23H29ClN2O2. The molecule has 0 aliphatic rings. The minimum absolute atomic E-state index is 0.0647. The first-order valence-electron chi connectivity index (χ1n) is 9.70. The number of carbonyl (C=O) groups excluding carboxylic acids is 2. The van der Waals surface area contributed by atoms with Gasteiger partial charge in [0.15, 0.2) is 0 Å². The summed E-state index contributed by atoms with van der Waals surface area (Å²) in [5.41, 5.74) is 2.94. The second kappa shape index (κ2) is 10.3. The van der Waals surface area contributed by atoms with Crippen molar-refractivity contribution in [2.75, 3.05) is 0 Å². The van der Waals surface area contributed by atoms with E-state index in [0.29, 0.717) is 11.6 Å². The van der Waals surface area contributed by atoms with Crippen molar-refractivity contribution in [2.24, 2.45) is 0 Å². The van der Waals surface area contributed by atoms with Gasteiger partial charge in [-0.1, -0.05) is 60.5 Å². The molecule has 5 heteroatoms. The van der Waals surface area contributed by atoms with Crippen LogP contribution in [0.3, 0.4) is 0 Å². The molecule has 0 heterocycles. The van der Waals surface area contributed by atoms with Gasteiger partial charge >= 0.3 is 0 Å². The number of rotatable bonds is 8. The maximum atomic E-state index is 13.1. The summed E-state index contributed by atoms with van der Waals surface area (Å²) in [6.45, 7) is 8.08. The summed E-state index contributed by atoms with van der Waals surface area (Å²) in [5.74, 6) is -0.230. The van der Waals surface area contributed by atoms with Crippen LogP contribution in [0.1, 0.15) is 43.9 Å².